The van der Waals surface area contributed by atoms with Gasteiger partial charge in [0.05, 0.1) is 5.54 Å². The van der Waals surface area contributed by atoms with Crippen LogP contribution in [0, 0.1) is 11.8 Å². The molecule has 0 aliphatic rings. The van der Waals surface area contributed by atoms with Crippen molar-refractivity contribution in [1.82, 2.24) is 5.32 Å². The van der Waals surface area contributed by atoms with Gasteiger partial charge in [-0.15, -0.1) is 12.4 Å². The minimum absolute atomic E-state index is 0. The van der Waals surface area contributed by atoms with Crippen molar-refractivity contribution in [2.75, 3.05) is 6.54 Å². The lowest BCUT2D eigenvalue weighted by molar-refractivity contribution is -0.124. The van der Waals surface area contributed by atoms with E-state index in [2.05, 4.69) is 33.0 Å². The number of carbonyl (C=O) groups excluding carboxylic acids is 1. The van der Waals surface area contributed by atoms with Gasteiger partial charge in [0.1, 0.15) is 0 Å². The number of carbonyl (C=O) groups is 1. The molecule has 0 spiro atoms. The van der Waals surface area contributed by atoms with Crippen LogP contribution in [0.25, 0.3) is 0 Å². The molecule has 17 heavy (non-hydrogen) atoms. The molecule has 1 unspecified atom stereocenters. The number of hydrogen-bond donors (Lipinski definition) is 2. The molecule has 3 N–H and O–H groups in total. The molecule has 0 fully saturated rings. The number of amides is 1. The first-order chi connectivity index (χ1) is 7.39. The van der Waals surface area contributed by atoms with Gasteiger partial charge in [-0.1, -0.05) is 40.5 Å². The third-order valence-corrected chi connectivity index (χ3v) is 3.75. The zero-order chi connectivity index (χ0) is 12.8. The molecule has 0 radical (unpaired) electrons. The Kier molecular flexibility index (Phi) is 9.82. The molecular weight excluding hydrogens is 236 g/mol. The fourth-order valence-electron chi connectivity index (χ4n) is 1.64. The van der Waals surface area contributed by atoms with Crippen LogP contribution in [0.15, 0.2) is 0 Å². The predicted octanol–water partition coefficient (Wildman–Crippen LogP) is 2.72. The van der Waals surface area contributed by atoms with Gasteiger partial charge in [0.25, 0.3) is 0 Å². The third kappa shape index (κ3) is 6.27. The Balaban J connectivity index is 0. The third-order valence-electron chi connectivity index (χ3n) is 3.75. The van der Waals surface area contributed by atoms with Crippen molar-refractivity contribution in [1.29, 1.82) is 0 Å². The largest absolute Gasteiger partial charge is 0.349 e. The summed E-state index contributed by atoms with van der Waals surface area (Å²) in [6.07, 6.45) is 2.74. The zero-order valence-corrected chi connectivity index (χ0v) is 12.7. The Bertz CT molecular complexity index is 217. The molecule has 0 saturated heterocycles. The monoisotopic (exact) mass is 264 g/mol. The van der Waals surface area contributed by atoms with E-state index in [1.165, 1.54) is 0 Å². The first kappa shape index (κ1) is 19.1. The van der Waals surface area contributed by atoms with E-state index in [0.29, 0.717) is 24.8 Å². The predicted molar refractivity (Wildman–Crippen MR) is 76.4 cm³/mol. The molecule has 0 rings (SSSR count). The molecule has 0 heterocycles. The van der Waals surface area contributed by atoms with Crippen LogP contribution in [-0.2, 0) is 4.79 Å². The van der Waals surface area contributed by atoms with Crippen molar-refractivity contribution < 1.29 is 4.79 Å². The summed E-state index contributed by atoms with van der Waals surface area (Å²) in [5.41, 5.74) is 5.46. The number of rotatable bonds is 7. The lowest BCUT2D eigenvalue weighted by atomic mass is 9.88. The van der Waals surface area contributed by atoms with E-state index >= 15 is 0 Å². The van der Waals surface area contributed by atoms with Crippen LogP contribution in [0.3, 0.4) is 0 Å². The molecular formula is C13H29ClN2O. The second kappa shape index (κ2) is 8.76. The van der Waals surface area contributed by atoms with E-state index in [9.17, 15) is 4.79 Å². The normalized spacial score (nSPS) is 14.4. The van der Waals surface area contributed by atoms with Gasteiger partial charge in [-0.3, -0.25) is 4.79 Å². The summed E-state index contributed by atoms with van der Waals surface area (Å²) in [6.45, 7) is 10.9. The maximum atomic E-state index is 11.9. The number of halogens is 1. The van der Waals surface area contributed by atoms with Crippen LogP contribution in [0.2, 0.25) is 0 Å². The molecule has 0 aliphatic carbocycles. The molecule has 0 aliphatic heterocycles. The lowest BCUT2D eigenvalue weighted by Gasteiger charge is -2.34. The van der Waals surface area contributed by atoms with Crippen LogP contribution in [0.4, 0.5) is 0 Å². The van der Waals surface area contributed by atoms with Crippen molar-refractivity contribution in [2.24, 2.45) is 17.6 Å². The Morgan fingerprint density at radius 3 is 2.06 bits per heavy atom. The first-order valence-electron chi connectivity index (χ1n) is 6.40. The average Bonchev–Trinajstić information content (AvgIpc) is 2.25. The van der Waals surface area contributed by atoms with Gasteiger partial charge in [-0.05, 0) is 18.8 Å². The Hall–Kier alpha value is -0.280. The van der Waals surface area contributed by atoms with Crippen LogP contribution in [0.5, 0.6) is 0 Å². The van der Waals surface area contributed by atoms with E-state index in [1.807, 2.05) is 6.92 Å². The van der Waals surface area contributed by atoms with Gasteiger partial charge in [-0.25, -0.2) is 0 Å². The van der Waals surface area contributed by atoms with E-state index in [4.69, 9.17) is 5.73 Å². The fraction of sp³-hybridized carbons (Fsp3) is 0.923. The summed E-state index contributed by atoms with van der Waals surface area (Å²) < 4.78 is 0. The van der Waals surface area contributed by atoms with Gasteiger partial charge in [0.2, 0.25) is 5.91 Å². The Morgan fingerprint density at radius 2 is 1.76 bits per heavy atom. The average molecular weight is 265 g/mol. The topological polar surface area (TPSA) is 55.1 Å². The molecule has 104 valence electrons. The van der Waals surface area contributed by atoms with Crippen LogP contribution in [0.1, 0.15) is 53.9 Å². The second-order valence-electron chi connectivity index (χ2n) is 5.21. The number of hydrogen-bond acceptors (Lipinski definition) is 2. The van der Waals surface area contributed by atoms with Gasteiger partial charge in [0, 0.05) is 13.0 Å². The number of nitrogens with two attached hydrogens (primary N) is 1. The fourth-order valence-corrected chi connectivity index (χ4v) is 1.64. The van der Waals surface area contributed by atoms with Gasteiger partial charge >= 0.3 is 0 Å². The standard InChI is InChI=1S/C13H28N2O.ClH/c1-6-11(7-2)8-12(16)15-13(5,9-14)10(3)4;/h10-11H,6-9,14H2,1-5H3,(H,15,16);1H. The molecule has 3 nitrogen and oxygen atoms in total. The minimum Gasteiger partial charge on any atom is -0.349 e. The maximum Gasteiger partial charge on any atom is 0.220 e. The van der Waals surface area contributed by atoms with Crippen molar-refractivity contribution in [3.8, 4) is 0 Å². The summed E-state index contributed by atoms with van der Waals surface area (Å²) in [7, 11) is 0. The number of nitrogens with one attached hydrogen (secondary N) is 1. The molecule has 0 aromatic carbocycles. The molecule has 0 bridgehead atoms. The van der Waals surface area contributed by atoms with E-state index in [1.54, 1.807) is 0 Å². The Labute approximate surface area is 112 Å². The zero-order valence-electron chi connectivity index (χ0n) is 11.9. The molecule has 4 heteroatoms. The van der Waals surface area contributed by atoms with E-state index in [0.717, 1.165) is 12.8 Å². The highest BCUT2D eigenvalue weighted by Gasteiger charge is 2.28. The molecule has 0 aromatic rings. The van der Waals surface area contributed by atoms with Gasteiger partial charge in [0.15, 0.2) is 0 Å². The molecule has 1 amide bonds. The van der Waals surface area contributed by atoms with Gasteiger partial charge < -0.3 is 11.1 Å². The summed E-state index contributed by atoms with van der Waals surface area (Å²) in [5, 5.41) is 3.08. The molecule has 1 atom stereocenters. The molecule has 0 aromatic heterocycles. The summed E-state index contributed by atoms with van der Waals surface area (Å²) in [4.78, 5) is 11.9. The SMILES string of the molecule is CCC(CC)CC(=O)NC(C)(CN)C(C)C.Cl. The van der Waals surface area contributed by atoms with Crippen LogP contribution < -0.4 is 11.1 Å². The van der Waals surface area contributed by atoms with E-state index in [-0.39, 0.29) is 23.9 Å². The quantitative estimate of drug-likeness (QED) is 0.743. The van der Waals surface area contributed by atoms with Crippen molar-refractivity contribution in [3.05, 3.63) is 0 Å². The van der Waals surface area contributed by atoms with Gasteiger partial charge in [-0.2, -0.15) is 0 Å². The highest BCUT2D eigenvalue weighted by molar-refractivity contribution is 5.85. The highest BCUT2D eigenvalue weighted by atomic mass is 35.5. The smallest absolute Gasteiger partial charge is 0.220 e. The summed E-state index contributed by atoms with van der Waals surface area (Å²) in [6, 6.07) is 0. The first-order valence-corrected chi connectivity index (χ1v) is 6.40. The van der Waals surface area contributed by atoms with Crippen molar-refractivity contribution >= 4 is 18.3 Å². The van der Waals surface area contributed by atoms with Crippen LogP contribution in [-0.4, -0.2) is 18.0 Å². The highest BCUT2D eigenvalue weighted by Crippen LogP contribution is 2.17. The maximum absolute atomic E-state index is 11.9. The van der Waals surface area contributed by atoms with Crippen molar-refractivity contribution in [3.63, 3.8) is 0 Å². The van der Waals surface area contributed by atoms with Crippen LogP contribution >= 0.6 is 12.4 Å². The summed E-state index contributed by atoms with van der Waals surface area (Å²) in [5.74, 6) is 0.979. The second-order valence-corrected chi connectivity index (χ2v) is 5.21. The molecule has 0 saturated carbocycles. The van der Waals surface area contributed by atoms with E-state index < -0.39 is 0 Å². The minimum atomic E-state index is -0.275. The lowest BCUT2D eigenvalue weighted by Crippen LogP contribution is -2.55. The van der Waals surface area contributed by atoms with Crippen molar-refractivity contribution in [2.45, 2.75) is 59.4 Å². The Morgan fingerprint density at radius 1 is 1.29 bits per heavy atom. The summed E-state index contributed by atoms with van der Waals surface area (Å²) >= 11 is 0.